The third-order valence-electron chi connectivity index (χ3n) is 5.66. The minimum Gasteiger partial charge on any atom is -0.323 e. The molecule has 35 heavy (non-hydrogen) atoms. The molecule has 0 saturated carbocycles. The second-order valence-corrected chi connectivity index (χ2v) is 8.07. The number of benzene rings is 1. The van der Waals surface area contributed by atoms with Crippen LogP contribution in [0.25, 0.3) is 11.0 Å². The molecule has 4 aromatic rings. The van der Waals surface area contributed by atoms with E-state index in [0.29, 0.717) is 28.7 Å². The zero-order valence-corrected chi connectivity index (χ0v) is 18.6. The van der Waals surface area contributed by atoms with Crippen LogP contribution in [-0.2, 0) is 11.3 Å². The Kier molecular flexibility index (Phi) is 5.78. The highest BCUT2D eigenvalue weighted by Crippen LogP contribution is 2.20. The number of amides is 1. The Morgan fingerprint density at radius 1 is 1.29 bits per heavy atom. The zero-order chi connectivity index (χ0) is 24.4. The molecule has 0 unspecified atom stereocenters. The van der Waals surface area contributed by atoms with Gasteiger partial charge in [-0.1, -0.05) is 18.7 Å². The van der Waals surface area contributed by atoms with Gasteiger partial charge in [0.15, 0.2) is 0 Å². The van der Waals surface area contributed by atoms with Crippen molar-refractivity contribution < 1.29 is 4.79 Å². The number of nitrogens with zero attached hydrogens (tertiary/aromatic N) is 6. The number of anilines is 3. The number of rotatable bonds is 7. The third-order valence-corrected chi connectivity index (χ3v) is 5.66. The highest BCUT2D eigenvalue weighted by atomic mass is 16.1. The van der Waals surface area contributed by atoms with Crippen LogP contribution in [0.3, 0.4) is 0 Å². The van der Waals surface area contributed by atoms with E-state index < -0.39 is 5.56 Å². The van der Waals surface area contributed by atoms with Crippen molar-refractivity contribution in [1.82, 2.24) is 29.6 Å². The maximum Gasteiger partial charge on any atom is 0.270 e. The molecular weight excluding hydrogens is 446 g/mol. The smallest absolute Gasteiger partial charge is 0.270 e. The molecule has 0 atom stereocenters. The molecular formula is C24H21N9O2. The maximum atomic E-state index is 13.1. The largest absolute Gasteiger partial charge is 0.323 e. The Balaban J connectivity index is 1.50. The van der Waals surface area contributed by atoms with Crippen LogP contribution in [0.15, 0.2) is 66.4 Å². The summed E-state index contributed by atoms with van der Waals surface area (Å²) in [6, 6.07) is 10.8. The molecule has 4 heterocycles. The van der Waals surface area contributed by atoms with Crippen molar-refractivity contribution in [2.75, 3.05) is 23.7 Å². The normalized spacial score (nSPS) is 13.1. The molecule has 1 amide bonds. The fourth-order valence-corrected chi connectivity index (χ4v) is 3.76. The summed E-state index contributed by atoms with van der Waals surface area (Å²) in [5, 5.41) is 23.4. The van der Waals surface area contributed by atoms with E-state index in [0.717, 1.165) is 24.3 Å². The van der Waals surface area contributed by atoms with Crippen molar-refractivity contribution in [3.8, 4) is 6.07 Å². The zero-order valence-electron chi connectivity index (χ0n) is 18.6. The Morgan fingerprint density at radius 3 is 2.89 bits per heavy atom. The van der Waals surface area contributed by atoms with Crippen LogP contribution < -0.4 is 21.5 Å². The second kappa shape index (κ2) is 9.20. The summed E-state index contributed by atoms with van der Waals surface area (Å²) in [6.07, 6.45) is 6.33. The molecule has 0 bridgehead atoms. The first kappa shape index (κ1) is 22.0. The van der Waals surface area contributed by atoms with Crippen LogP contribution in [-0.4, -0.2) is 43.3 Å². The monoisotopic (exact) mass is 467 g/mol. The number of carbonyl (C=O) groups excluding carboxylic acids is 1. The molecule has 0 spiro atoms. The van der Waals surface area contributed by atoms with E-state index in [1.54, 1.807) is 30.6 Å². The summed E-state index contributed by atoms with van der Waals surface area (Å²) < 4.78 is 3.31. The van der Waals surface area contributed by atoms with Crippen LogP contribution in [0.2, 0.25) is 0 Å². The lowest BCUT2D eigenvalue weighted by Crippen LogP contribution is -2.43. The Bertz CT molecular complexity index is 1540. The van der Waals surface area contributed by atoms with Crippen molar-refractivity contribution in [3.05, 3.63) is 83.1 Å². The van der Waals surface area contributed by atoms with E-state index in [1.165, 1.54) is 16.7 Å². The van der Waals surface area contributed by atoms with Gasteiger partial charge in [0.25, 0.3) is 5.56 Å². The molecule has 3 N–H and O–H groups in total. The molecule has 174 valence electrons. The van der Waals surface area contributed by atoms with Gasteiger partial charge in [-0.25, -0.2) is 4.98 Å². The molecule has 0 aliphatic carbocycles. The molecule has 11 nitrogen and oxygen atoms in total. The van der Waals surface area contributed by atoms with Crippen LogP contribution in [0.1, 0.15) is 17.2 Å². The molecule has 1 aliphatic heterocycles. The van der Waals surface area contributed by atoms with E-state index in [1.807, 2.05) is 23.0 Å². The quantitative estimate of drug-likeness (QED) is 0.350. The average molecular weight is 467 g/mol. The number of nitrogens with one attached hydrogen (secondary N) is 3. The van der Waals surface area contributed by atoms with Crippen molar-refractivity contribution in [1.29, 1.82) is 5.26 Å². The first-order valence-corrected chi connectivity index (χ1v) is 10.9. The SMILES string of the molecule is C=CC(=O)Nc1cccc(Cn2c(=O)c(C#N)cc3cnc(Nc4cnn(C5CNC5)c4)nc32)c1. The van der Waals surface area contributed by atoms with Crippen LogP contribution in [0, 0.1) is 11.3 Å². The van der Waals surface area contributed by atoms with E-state index in [-0.39, 0.29) is 18.0 Å². The number of fused-ring (bicyclic) bond motifs is 1. The lowest BCUT2D eigenvalue weighted by Gasteiger charge is -2.27. The minimum absolute atomic E-state index is 0.00620. The molecule has 1 fully saturated rings. The maximum absolute atomic E-state index is 13.1. The molecule has 1 saturated heterocycles. The summed E-state index contributed by atoms with van der Waals surface area (Å²) in [5.74, 6) is -0.0368. The number of aromatic nitrogens is 5. The van der Waals surface area contributed by atoms with Gasteiger partial charge < -0.3 is 16.0 Å². The van der Waals surface area contributed by atoms with Crippen molar-refractivity contribution in [2.24, 2.45) is 0 Å². The predicted molar refractivity (Wildman–Crippen MR) is 130 cm³/mol. The first-order chi connectivity index (χ1) is 17.0. The van der Waals surface area contributed by atoms with Gasteiger partial charge in [0.2, 0.25) is 11.9 Å². The molecule has 11 heteroatoms. The van der Waals surface area contributed by atoms with E-state index in [2.05, 4.69) is 37.6 Å². The highest BCUT2D eigenvalue weighted by Gasteiger charge is 2.19. The standard InChI is InChI=1S/C24H21N9O2/c1-2-21(34)29-18-5-3-4-15(6-18)13-32-22-17(7-16(8-25)23(32)35)9-27-24(31-22)30-19-10-28-33(14-19)20-11-26-12-20/h2-7,9-10,14,20,26H,1,11-13H2,(H,29,34)(H,27,30,31). The number of hydrogen-bond acceptors (Lipinski definition) is 8. The average Bonchev–Trinajstić information content (AvgIpc) is 3.27. The predicted octanol–water partition coefficient (Wildman–Crippen LogP) is 1.92. The summed E-state index contributed by atoms with van der Waals surface area (Å²) in [5.41, 5.74) is 1.95. The second-order valence-electron chi connectivity index (χ2n) is 8.07. The summed E-state index contributed by atoms with van der Waals surface area (Å²) in [4.78, 5) is 33.6. The van der Waals surface area contributed by atoms with Crippen LogP contribution in [0.4, 0.5) is 17.3 Å². The lowest BCUT2D eigenvalue weighted by atomic mass is 10.1. The van der Waals surface area contributed by atoms with Gasteiger partial charge in [-0.3, -0.25) is 18.8 Å². The van der Waals surface area contributed by atoms with Gasteiger partial charge in [-0.2, -0.15) is 15.3 Å². The molecule has 0 radical (unpaired) electrons. The van der Waals surface area contributed by atoms with Crippen LogP contribution >= 0.6 is 0 Å². The van der Waals surface area contributed by atoms with Gasteiger partial charge in [0.1, 0.15) is 17.3 Å². The van der Waals surface area contributed by atoms with Gasteiger partial charge in [-0.15, -0.1) is 0 Å². The van der Waals surface area contributed by atoms with Gasteiger partial charge in [0.05, 0.1) is 24.5 Å². The molecule has 1 aliphatic rings. The van der Waals surface area contributed by atoms with Gasteiger partial charge in [0, 0.05) is 36.6 Å². The summed E-state index contributed by atoms with van der Waals surface area (Å²) in [6.45, 7) is 5.34. The Labute approximate surface area is 199 Å². The molecule has 5 rings (SSSR count). The van der Waals surface area contributed by atoms with Crippen LogP contribution in [0.5, 0.6) is 0 Å². The Hall–Kier alpha value is -4.82. The first-order valence-electron chi connectivity index (χ1n) is 10.9. The summed E-state index contributed by atoms with van der Waals surface area (Å²) in [7, 11) is 0. The number of carbonyl (C=O) groups is 1. The molecule has 1 aromatic carbocycles. The van der Waals surface area contributed by atoms with Gasteiger partial charge in [-0.05, 0) is 29.8 Å². The summed E-state index contributed by atoms with van der Waals surface area (Å²) >= 11 is 0. The lowest BCUT2D eigenvalue weighted by molar-refractivity contribution is -0.111. The third kappa shape index (κ3) is 4.50. The van der Waals surface area contributed by atoms with Gasteiger partial charge >= 0.3 is 0 Å². The van der Waals surface area contributed by atoms with Crippen molar-refractivity contribution in [2.45, 2.75) is 12.6 Å². The number of hydrogen-bond donors (Lipinski definition) is 3. The Morgan fingerprint density at radius 2 is 2.14 bits per heavy atom. The molecule has 3 aromatic heterocycles. The van der Waals surface area contributed by atoms with E-state index in [9.17, 15) is 14.9 Å². The van der Waals surface area contributed by atoms with Crippen molar-refractivity contribution >= 4 is 34.3 Å². The van der Waals surface area contributed by atoms with Crippen molar-refractivity contribution in [3.63, 3.8) is 0 Å². The highest BCUT2D eigenvalue weighted by molar-refractivity contribution is 5.98. The minimum atomic E-state index is -0.463. The fraction of sp³-hybridized carbons (Fsp3) is 0.167. The topological polar surface area (TPSA) is 143 Å². The van der Waals surface area contributed by atoms with E-state index in [4.69, 9.17) is 0 Å². The van der Waals surface area contributed by atoms with E-state index >= 15 is 0 Å². The number of nitriles is 1. The fourth-order valence-electron chi connectivity index (χ4n) is 3.76. The number of pyridine rings is 1.